The molecule has 0 aliphatic carbocycles. The van der Waals surface area contributed by atoms with Gasteiger partial charge >= 0.3 is 12.1 Å². The van der Waals surface area contributed by atoms with Gasteiger partial charge in [-0.1, -0.05) is 17.2 Å². The monoisotopic (exact) mass is 405 g/mol. The Morgan fingerprint density at radius 1 is 1.24 bits per heavy atom. The number of ether oxygens (including phenoxy) is 2. The second kappa shape index (κ2) is 11.6. The lowest BCUT2D eigenvalue weighted by molar-refractivity contribution is -0.143. The van der Waals surface area contributed by atoms with Gasteiger partial charge in [0.1, 0.15) is 11.6 Å². The Morgan fingerprint density at radius 3 is 2.59 bits per heavy atom. The zero-order chi connectivity index (χ0) is 21.9. The topological polar surface area (TPSA) is 142 Å². The van der Waals surface area contributed by atoms with Gasteiger partial charge in [-0.05, 0) is 57.7 Å². The molecule has 0 aliphatic heterocycles. The number of benzene rings is 1. The maximum Gasteiger partial charge on any atom is 0.407 e. The minimum atomic E-state index is -0.836. The molecule has 0 heterocycles. The Labute approximate surface area is 169 Å². The van der Waals surface area contributed by atoms with Crippen LogP contribution in [0, 0.1) is 0 Å². The molecule has 0 radical (unpaired) electrons. The SMILES string of the molecule is COC(=O)[C@H](CCCCNC(=O)OC(C)(C)C)NC(=O)c1cccc(N=[N+]=[N-])c1. The normalized spacial score (nSPS) is 11.6. The summed E-state index contributed by atoms with van der Waals surface area (Å²) in [6.07, 6.45) is 0.990. The number of nitrogens with zero attached hydrogens (tertiary/aromatic N) is 3. The number of nitrogens with one attached hydrogen (secondary N) is 2. The number of hydrogen-bond donors (Lipinski definition) is 2. The molecule has 0 aromatic heterocycles. The molecule has 29 heavy (non-hydrogen) atoms. The van der Waals surface area contributed by atoms with Gasteiger partial charge in [-0.2, -0.15) is 0 Å². The highest BCUT2D eigenvalue weighted by atomic mass is 16.6. The van der Waals surface area contributed by atoms with Gasteiger partial charge in [-0.25, -0.2) is 9.59 Å². The molecule has 2 amide bonds. The van der Waals surface area contributed by atoms with E-state index in [-0.39, 0.29) is 5.56 Å². The van der Waals surface area contributed by atoms with E-state index in [1.165, 1.54) is 13.2 Å². The molecule has 158 valence electrons. The molecule has 0 saturated carbocycles. The number of azide groups is 1. The molecule has 10 nitrogen and oxygen atoms in total. The largest absolute Gasteiger partial charge is 0.467 e. The summed E-state index contributed by atoms with van der Waals surface area (Å²) in [4.78, 5) is 38.7. The van der Waals surface area contributed by atoms with Crippen molar-refractivity contribution in [2.75, 3.05) is 13.7 Å². The molecule has 1 aromatic carbocycles. The van der Waals surface area contributed by atoms with Gasteiger partial charge in [-0.3, -0.25) is 4.79 Å². The highest BCUT2D eigenvalue weighted by Gasteiger charge is 2.22. The molecule has 0 bridgehead atoms. The maximum absolute atomic E-state index is 12.4. The minimum Gasteiger partial charge on any atom is -0.467 e. The Kier molecular flexibility index (Phi) is 9.47. The van der Waals surface area contributed by atoms with Crippen LogP contribution in [-0.4, -0.2) is 43.3 Å². The van der Waals surface area contributed by atoms with Crippen LogP contribution in [0.25, 0.3) is 10.4 Å². The number of hydrogen-bond acceptors (Lipinski definition) is 6. The van der Waals surface area contributed by atoms with Gasteiger partial charge in [0.15, 0.2) is 0 Å². The van der Waals surface area contributed by atoms with Gasteiger partial charge in [0.05, 0.1) is 7.11 Å². The zero-order valence-electron chi connectivity index (χ0n) is 17.1. The van der Waals surface area contributed by atoms with Crippen molar-refractivity contribution >= 4 is 23.7 Å². The molecule has 0 unspecified atom stereocenters. The number of amides is 2. The predicted octanol–water partition coefficient (Wildman–Crippen LogP) is 3.59. The van der Waals surface area contributed by atoms with Crippen LogP contribution in [0.3, 0.4) is 0 Å². The van der Waals surface area contributed by atoms with E-state index >= 15 is 0 Å². The van der Waals surface area contributed by atoms with Gasteiger partial charge in [-0.15, -0.1) is 0 Å². The first-order chi connectivity index (χ1) is 13.7. The van der Waals surface area contributed by atoms with Crippen molar-refractivity contribution in [1.29, 1.82) is 0 Å². The molecular weight excluding hydrogens is 378 g/mol. The molecular formula is C19H27N5O5. The number of methoxy groups -OCH3 is 1. The summed E-state index contributed by atoms with van der Waals surface area (Å²) in [7, 11) is 1.24. The fraction of sp³-hybridized carbons (Fsp3) is 0.526. The van der Waals surface area contributed by atoms with E-state index in [4.69, 9.17) is 15.0 Å². The third kappa shape index (κ3) is 9.48. The Hall–Kier alpha value is -3.26. The third-order valence-electron chi connectivity index (χ3n) is 3.65. The first-order valence-corrected chi connectivity index (χ1v) is 9.17. The van der Waals surface area contributed by atoms with Crippen LogP contribution < -0.4 is 10.6 Å². The molecule has 0 saturated heterocycles. The fourth-order valence-corrected chi connectivity index (χ4v) is 2.37. The number of rotatable bonds is 9. The van der Waals surface area contributed by atoms with Crippen LogP contribution >= 0.6 is 0 Å². The quantitative estimate of drug-likeness (QED) is 0.212. The predicted molar refractivity (Wildman–Crippen MR) is 107 cm³/mol. The zero-order valence-corrected chi connectivity index (χ0v) is 17.1. The first kappa shape index (κ1) is 23.8. The maximum atomic E-state index is 12.4. The lowest BCUT2D eigenvalue weighted by Crippen LogP contribution is -2.41. The smallest absolute Gasteiger partial charge is 0.407 e. The fourth-order valence-electron chi connectivity index (χ4n) is 2.37. The summed E-state index contributed by atoms with van der Waals surface area (Å²) in [6, 6.07) is 5.27. The van der Waals surface area contributed by atoms with Gasteiger partial charge < -0.3 is 20.1 Å². The molecule has 0 aliphatic rings. The van der Waals surface area contributed by atoms with E-state index in [0.717, 1.165) is 0 Å². The van der Waals surface area contributed by atoms with E-state index in [1.54, 1.807) is 39.0 Å². The van der Waals surface area contributed by atoms with Crippen molar-refractivity contribution in [2.45, 2.75) is 51.7 Å². The third-order valence-corrected chi connectivity index (χ3v) is 3.65. The summed E-state index contributed by atoms with van der Waals surface area (Å²) in [6.45, 7) is 5.71. The minimum absolute atomic E-state index is 0.260. The molecule has 10 heteroatoms. The Bertz CT molecular complexity index is 768. The van der Waals surface area contributed by atoms with Crippen LogP contribution in [0.1, 0.15) is 50.4 Å². The van der Waals surface area contributed by atoms with E-state index < -0.39 is 29.6 Å². The van der Waals surface area contributed by atoms with Gasteiger partial charge in [0.25, 0.3) is 5.91 Å². The number of carbonyl (C=O) groups excluding carboxylic acids is 3. The summed E-state index contributed by atoms with van der Waals surface area (Å²) in [5, 5.41) is 8.71. The lowest BCUT2D eigenvalue weighted by Gasteiger charge is -2.20. The van der Waals surface area contributed by atoms with Crippen molar-refractivity contribution in [3.8, 4) is 0 Å². The highest BCUT2D eigenvalue weighted by molar-refractivity contribution is 5.97. The Morgan fingerprint density at radius 2 is 1.97 bits per heavy atom. The van der Waals surface area contributed by atoms with Crippen molar-refractivity contribution in [1.82, 2.24) is 10.6 Å². The number of carbonyl (C=O) groups is 3. The highest BCUT2D eigenvalue weighted by Crippen LogP contribution is 2.15. The van der Waals surface area contributed by atoms with Crippen molar-refractivity contribution < 1.29 is 23.9 Å². The number of esters is 1. The molecule has 0 spiro atoms. The Balaban J connectivity index is 2.55. The molecule has 1 atom stereocenters. The lowest BCUT2D eigenvalue weighted by atomic mass is 10.1. The van der Waals surface area contributed by atoms with E-state index in [1.807, 2.05) is 0 Å². The van der Waals surface area contributed by atoms with Crippen molar-refractivity contribution in [3.05, 3.63) is 40.3 Å². The summed E-state index contributed by atoms with van der Waals surface area (Å²) < 4.78 is 9.89. The molecule has 1 aromatic rings. The standard InChI is InChI=1S/C19H27N5O5/c1-19(2,3)29-18(27)21-11-6-5-10-15(17(26)28-4)22-16(25)13-8-7-9-14(12-13)23-24-20/h7-9,12,15H,5-6,10-11H2,1-4H3,(H,21,27)(H,22,25)/t15-/m0/s1. The van der Waals surface area contributed by atoms with Crippen molar-refractivity contribution in [3.63, 3.8) is 0 Å². The second-order valence-corrected chi connectivity index (χ2v) is 7.21. The van der Waals surface area contributed by atoms with Crippen molar-refractivity contribution in [2.24, 2.45) is 5.11 Å². The molecule has 2 N–H and O–H groups in total. The van der Waals surface area contributed by atoms with Crippen LogP contribution in [0.2, 0.25) is 0 Å². The molecule has 1 rings (SSSR count). The summed E-state index contributed by atoms with van der Waals surface area (Å²) >= 11 is 0. The van der Waals surface area contributed by atoms with E-state index in [9.17, 15) is 14.4 Å². The van der Waals surface area contributed by atoms with Gasteiger partial charge in [0, 0.05) is 22.7 Å². The number of alkyl carbamates (subject to hydrolysis) is 1. The first-order valence-electron chi connectivity index (χ1n) is 9.17. The van der Waals surface area contributed by atoms with Crippen LogP contribution in [0.15, 0.2) is 29.4 Å². The van der Waals surface area contributed by atoms with Crippen LogP contribution in [0.4, 0.5) is 10.5 Å². The van der Waals surface area contributed by atoms with E-state index in [0.29, 0.717) is 31.5 Å². The summed E-state index contributed by atoms with van der Waals surface area (Å²) in [5.74, 6) is -1.05. The second-order valence-electron chi connectivity index (χ2n) is 7.21. The van der Waals surface area contributed by atoms with Gasteiger partial charge in [0.2, 0.25) is 0 Å². The van der Waals surface area contributed by atoms with Crippen LogP contribution in [0.5, 0.6) is 0 Å². The van der Waals surface area contributed by atoms with Crippen LogP contribution in [-0.2, 0) is 14.3 Å². The average Bonchev–Trinajstić information content (AvgIpc) is 2.65. The molecule has 0 fully saturated rings. The number of unbranched alkanes of at least 4 members (excludes halogenated alkanes) is 1. The van der Waals surface area contributed by atoms with E-state index in [2.05, 4.69) is 20.7 Å². The average molecular weight is 405 g/mol. The summed E-state index contributed by atoms with van der Waals surface area (Å²) in [5.41, 5.74) is 8.48.